The van der Waals surface area contributed by atoms with Gasteiger partial charge in [-0.05, 0) is 37.1 Å². The number of rotatable bonds is 1. The van der Waals surface area contributed by atoms with Crippen molar-refractivity contribution in [3.05, 3.63) is 42.4 Å². The van der Waals surface area contributed by atoms with E-state index >= 15 is 0 Å². The molecule has 2 rings (SSSR count). The molecule has 2 heteroatoms. The third-order valence-corrected chi connectivity index (χ3v) is 2.37. The zero-order valence-corrected chi connectivity index (χ0v) is 7.46. The summed E-state index contributed by atoms with van der Waals surface area (Å²) < 4.78 is 12.6. The molecule has 0 atom stereocenters. The van der Waals surface area contributed by atoms with Gasteiger partial charge in [-0.15, -0.1) is 0 Å². The largest absolute Gasteiger partial charge is 0.346 e. The second kappa shape index (κ2) is 3.21. The molecule has 0 spiro atoms. The highest BCUT2D eigenvalue weighted by Crippen LogP contribution is 2.26. The van der Waals surface area contributed by atoms with Crippen molar-refractivity contribution in [2.75, 3.05) is 11.4 Å². The smallest absolute Gasteiger partial charge is 0.123 e. The van der Waals surface area contributed by atoms with Gasteiger partial charge in [-0.3, -0.25) is 0 Å². The Labute approximate surface area is 77.5 Å². The van der Waals surface area contributed by atoms with Gasteiger partial charge in [-0.1, -0.05) is 6.58 Å². The molecule has 0 radical (unpaired) electrons. The van der Waals surface area contributed by atoms with Crippen LogP contribution in [0.1, 0.15) is 12.8 Å². The molecule has 0 aliphatic carbocycles. The number of benzene rings is 1. The molecule has 1 aliphatic rings. The standard InChI is InChI=1S/C11H12FN/c1-9-3-2-8-13(9)11-6-4-10(12)5-7-11/h4-7H,1-3,8H2. The van der Waals surface area contributed by atoms with Crippen LogP contribution in [0, 0.1) is 5.82 Å². The van der Waals surface area contributed by atoms with E-state index in [1.54, 1.807) is 12.1 Å². The predicted molar refractivity (Wildman–Crippen MR) is 52.1 cm³/mol. The fourth-order valence-electron chi connectivity index (χ4n) is 1.67. The molecular weight excluding hydrogens is 165 g/mol. The van der Waals surface area contributed by atoms with Crippen molar-refractivity contribution >= 4 is 5.69 Å². The molecule has 0 aromatic heterocycles. The van der Waals surface area contributed by atoms with Crippen molar-refractivity contribution in [1.82, 2.24) is 0 Å². The molecule has 1 aromatic rings. The van der Waals surface area contributed by atoms with Crippen molar-refractivity contribution in [3.63, 3.8) is 0 Å². The number of halogens is 1. The van der Waals surface area contributed by atoms with E-state index in [0.29, 0.717) is 0 Å². The lowest BCUT2D eigenvalue weighted by Crippen LogP contribution is -2.14. The van der Waals surface area contributed by atoms with Crippen molar-refractivity contribution in [1.29, 1.82) is 0 Å². The van der Waals surface area contributed by atoms with Crippen LogP contribution in [-0.2, 0) is 0 Å². The Morgan fingerprint density at radius 1 is 1.23 bits per heavy atom. The first-order valence-electron chi connectivity index (χ1n) is 4.48. The first-order chi connectivity index (χ1) is 6.27. The van der Waals surface area contributed by atoms with Crippen molar-refractivity contribution in [2.45, 2.75) is 12.8 Å². The maximum Gasteiger partial charge on any atom is 0.123 e. The SMILES string of the molecule is C=C1CCCN1c1ccc(F)cc1. The first-order valence-corrected chi connectivity index (χ1v) is 4.48. The average molecular weight is 177 g/mol. The van der Waals surface area contributed by atoms with Gasteiger partial charge in [0.05, 0.1) is 0 Å². The fraction of sp³-hybridized carbons (Fsp3) is 0.273. The molecule has 0 amide bonds. The van der Waals surface area contributed by atoms with Gasteiger partial charge in [-0.2, -0.15) is 0 Å². The summed E-state index contributed by atoms with van der Waals surface area (Å²) in [6.45, 7) is 4.97. The normalized spacial score (nSPS) is 16.7. The molecule has 1 fully saturated rings. The Kier molecular flexibility index (Phi) is 2.05. The van der Waals surface area contributed by atoms with E-state index in [1.165, 1.54) is 12.1 Å². The van der Waals surface area contributed by atoms with Crippen molar-refractivity contribution in [3.8, 4) is 0 Å². The number of hydrogen-bond donors (Lipinski definition) is 0. The summed E-state index contributed by atoms with van der Waals surface area (Å²) in [6.07, 6.45) is 2.20. The summed E-state index contributed by atoms with van der Waals surface area (Å²) >= 11 is 0. The Hall–Kier alpha value is -1.31. The number of allylic oxidation sites excluding steroid dienone is 1. The molecule has 0 unspecified atom stereocenters. The minimum atomic E-state index is -0.187. The topological polar surface area (TPSA) is 3.24 Å². The molecule has 68 valence electrons. The Morgan fingerprint density at radius 2 is 1.92 bits per heavy atom. The fourth-order valence-corrected chi connectivity index (χ4v) is 1.67. The first kappa shape index (κ1) is 8.30. The van der Waals surface area contributed by atoms with Crippen molar-refractivity contribution in [2.24, 2.45) is 0 Å². The van der Waals surface area contributed by atoms with Gasteiger partial charge >= 0.3 is 0 Å². The Balaban J connectivity index is 2.25. The highest BCUT2D eigenvalue weighted by Gasteiger charge is 2.15. The van der Waals surface area contributed by atoms with Gasteiger partial charge in [-0.25, -0.2) is 4.39 Å². The van der Waals surface area contributed by atoms with Crippen LogP contribution in [0.25, 0.3) is 0 Å². The summed E-state index contributed by atoms with van der Waals surface area (Å²) in [4.78, 5) is 2.14. The summed E-state index contributed by atoms with van der Waals surface area (Å²) in [6, 6.07) is 6.57. The van der Waals surface area contributed by atoms with Crippen LogP contribution in [0.15, 0.2) is 36.5 Å². The van der Waals surface area contributed by atoms with Gasteiger partial charge in [0.15, 0.2) is 0 Å². The molecular formula is C11H12FN. The van der Waals surface area contributed by atoms with Gasteiger partial charge in [0.2, 0.25) is 0 Å². The molecule has 0 N–H and O–H groups in total. The van der Waals surface area contributed by atoms with Gasteiger partial charge < -0.3 is 4.90 Å². The molecule has 1 saturated heterocycles. The lowest BCUT2D eigenvalue weighted by atomic mass is 10.3. The summed E-state index contributed by atoms with van der Waals surface area (Å²) in [7, 11) is 0. The highest BCUT2D eigenvalue weighted by molar-refractivity contribution is 5.52. The van der Waals surface area contributed by atoms with E-state index in [9.17, 15) is 4.39 Å². The molecule has 0 saturated carbocycles. The minimum absolute atomic E-state index is 0.187. The van der Waals surface area contributed by atoms with Crippen LogP contribution in [0.5, 0.6) is 0 Å². The quantitative estimate of drug-likeness (QED) is 0.637. The molecule has 1 nitrogen and oxygen atoms in total. The van der Waals surface area contributed by atoms with Gasteiger partial charge in [0, 0.05) is 17.9 Å². The Bertz CT molecular complexity index is 315. The average Bonchev–Trinajstić information content (AvgIpc) is 2.53. The van der Waals surface area contributed by atoms with Crippen LogP contribution in [0.3, 0.4) is 0 Å². The lowest BCUT2D eigenvalue weighted by molar-refractivity contribution is 0.628. The Morgan fingerprint density at radius 3 is 2.46 bits per heavy atom. The van der Waals surface area contributed by atoms with Crippen molar-refractivity contribution < 1.29 is 4.39 Å². The molecule has 1 aliphatic heterocycles. The zero-order chi connectivity index (χ0) is 9.26. The van der Waals surface area contributed by atoms with Crippen LogP contribution in [0.4, 0.5) is 10.1 Å². The predicted octanol–water partition coefficient (Wildman–Crippen LogP) is 2.94. The van der Waals surface area contributed by atoms with E-state index in [4.69, 9.17) is 0 Å². The summed E-state index contributed by atoms with van der Waals surface area (Å²) in [5.41, 5.74) is 2.18. The maximum absolute atomic E-state index is 12.6. The van der Waals surface area contributed by atoms with E-state index in [2.05, 4.69) is 11.5 Å². The van der Waals surface area contributed by atoms with Crippen LogP contribution in [0.2, 0.25) is 0 Å². The number of nitrogens with zero attached hydrogens (tertiary/aromatic N) is 1. The summed E-state index contributed by atoms with van der Waals surface area (Å²) in [5, 5.41) is 0. The van der Waals surface area contributed by atoms with Gasteiger partial charge in [0.1, 0.15) is 5.82 Å². The second-order valence-electron chi connectivity index (χ2n) is 3.30. The van der Waals surface area contributed by atoms with E-state index in [1.807, 2.05) is 0 Å². The highest BCUT2D eigenvalue weighted by atomic mass is 19.1. The van der Waals surface area contributed by atoms with Gasteiger partial charge in [0.25, 0.3) is 0 Å². The number of anilines is 1. The van der Waals surface area contributed by atoms with E-state index < -0.39 is 0 Å². The molecule has 1 heterocycles. The summed E-state index contributed by atoms with van der Waals surface area (Å²) in [5.74, 6) is -0.187. The second-order valence-corrected chi connectivity index (χ2v) is 3.30. The van der Waals surface area contributed by atoms with Crippen LogP contribution in [-0.4, -0.2) is 6.54 Å². The number of hydrogen-bond acceptors (Lipinski definition) is 1. The maximum atomic E-state index is 12.6. The molecule has 0 bridgehead atoms. The van der Waals surface area contributed by atoms with Crippen LogP contribution >= 0.6 is 0 Å². The molecule has 13 heavy (non-hydrogen) atoms. The monoisotopic (exact) mass is 177 g/mol. The molecule has 1 aromatic carbocycles. The third kappa shape index (κ3) is 1.57. The van der Waals surface area contributed by atoms with E-state index in [-0.39, 0.29) is 5.82 Å². The lowest BCUT2D eigenvalue weighted by Gasteiger charge is -2.18. The van der Waals surface area contributed by atoms with Crippen LogP contribution < -0.4 is 4.90 Å². The zero-order valence-electron chi connectivity index (χ0n) is 7.46. The third-order valence-electron chi connectivity index (χ3n) is 2.37. The minimum Gasteiger partial charge on any atom is -0.346 e. The van der Waals surface area contributed by atoms with E-state index in [0.717, 1.165) is 30.8 Å².